The van der Waals surface area contributed by atoms with Gasteiger partial charge in [0.05, 0.1) is 10.9 Å². The lowest BCUT2D eigenvalue weighted by atomic mass is 10.0. The molecule has 126 valence electrons. The standard InChI is InChI=1S/C23H17N2.BrH/c1-2-17-9-3-7-13-21(17)24-15-16-25-22-14-8-6-11-19(22)18-10-4-5-12-20(18)23(24)25;/h1,3-14H,15-16H2;1H/q+1;/p-1. The van der Waals surface area contributed by atoms with E-state index in [1.165, 1.54) is 27.5 Å². The van der Waals surface area contributed by atoms with Crippen LogP contribution in [0.25, 0.3) is 21.7 Å². The molecule has 3 heteroatoms. The molecule has 4 aromatic rings. The Bertz CT molecular complexity index is 1170. The SMILES string of the molecule is C#Cc1ccccc1N1CC[n+]2c1c1ccccc1c1ccccc12.[Br-]. The minimum Gasteiger partial charge on any atom is -1.00 e. The number of pyridine rings is 1. The summed E-state index contributed by atoms with van der Waals surface area (Å²) in [7, 11) is 0. The van der Waals surface area contributed by atoms with Gasteiger partial charge >= 0.3 is 0 Å². The topological polar surface area (TPSA) is 7.12 Å². The molecule has 0 saturated carbocycles. The van der Waals surface area contributed by atoms with Crippen LogP contribution in [0.4, 0.5) is 11.5 Å². The number of terminal acetylenes is 1. The van der Waals surface area contributed by atoms with Gasteiger partial charge in [-0.15, -0.1) is 6.42 Å². The van der Waals surface area contributed by atoms with Crippen molar-refractivity contribution in [2.24, 2.45) is 0 Å². The summed E-state index contributed by atoms with van der Waals surface area (Å²) in [6.45, 7) is 1.89. The fourth-order valence-corrected chi connectivity index (χ4v) is 4.00. The van der Waals surface area contributed by atoms with Crippen LogP contribution >= 0.6 is 0 Å². The van der Waals surface area contributed by atoms with E-state index in [9.17, 15) is 0 Å². The van der Waals surface area contributed by atoms with E-state index < -0.39 is 0 Å². The van der Waals surface area contributed by atoms with Gasteiger partial charge in [0.25, 0.3) is 5.82 Å². The Morgan fingerprint density at radius 3 is 2.27 bits per heavy atom. The summed E-state index contributed by atoms with van der Waals surface area (Å²) < 4.78 is 2.42. The van der Waals surface area contributed by atoms with Gasteiger partial charge in [-0.3, -0.25) is 0 Å². The Balaban J connectivity index is 0.00000168. The van der Waals surface area contributed by atoms with Crippen LogP contribution < -0.4 is 26.4 Å². The van der Waals surface area contributed by atoms with Crippen molar-refractivity contribution in [3.05, 3.63) is 78.4 Å². The number of anilines is 2. The second-order valence-electron chi connectivity index (χ2n) is 6.35. The Morgan fingerprint density at radius 1 is 0.808 bits per heavy atom. The number of hydrogen-bond acceptors (Lipinski definition) is 1. The van der Waals surface area contributed by atoms with Crippen LogP contribution in [0.15, 0.2) is 72.8 Å². The Morgan fingerprint density at radius 2 is 1.46 bits per heavy atom. The molecule has 2 heterocycles. The monoisotopic (exact) mass is 400 g/mol. The molecule has 0 bridgehead atoms. The van der Waals surface area contributed by atoms with E-state index in [4.69, 9.17) is 6.42 Å². The van der Waals surface area contributed by atoms with Crippen LogP contribution in [0.3, 0.4) is 0 Å². The number of benzene rings is 3. The molecule has 1 aliphatic rings. The highest BCUT2D eigenvalue weighted by Crippen LogP contribution is 2.36. The van der Waals surface area contributed by atoms with E-state index in [0.29, 0.717) is 0 Å². The molecule has 3 aromatic carbocycles. The second kappa shape index (κ2) is 6.48. The van der Waals surface area contributed by atoms with Gasteiger partial charge in [0, 0.05) is 10.8 Å². The molecular weight excluding hydrogens is 384 g/mol. The number of hydrogen-bond donors (Lipinski definition) is 0. The van der Waals surface area contributed by atoms with Crippen molar-refractivity contribution in [3.8, 4) is 12.3 Å². The number of aromatic nitrogens is 1. The lowest BCUT2D eigenvalue weighted by Crippen LogP contribution is -3.00. The van der Waals surface area contributed by atoms with E-state index in [2.05, 4.69) is 76.1 Å². The zero-order chi connectivity index (χ0) is 16.8. The molecule has 0 saturated heterocycles. The molecule has 0 fully saturated rings. The molecule has 0 radical (unpaired) electrons. The van der Waals surface area contributed by atoms with Crippen LogP contribution in [0.1, 0.15) is 5.56 Å². The number of rotatable bonds is 1. The fraction of sp³-hybridized carbons (Fsp3) is 0.0870. The summed E-state index contributed by atoms with van der Waals surface area (Å²) >= 11 is 0. The van der Waals surface area contributed by atoms with E-state index in [-0.39, 0.29) is 17.0 Å². The van der Waals surface area contributed by atoms with Crippen molar-refractivity contribution in [1.29, 1.82) is 0 Å². The van der Waals surface area contributed by atoms with Gasteiger partial charge in [0.1, 0.15) is 24.3 Å². The first kappa shape index (κ1) is 16.6. The molecule has 2 nitrogen and oxygen atoms in total. The van der Waals surface area contributed by atoms with Gasteiger partial charge in [-0.05, 0) is 24.3 Å². The first-order valence-electron chi connectivity index (χ1n) is 8.55. The smallest absolute Gasteiger partial charge is 0.290 e. The van der Waals surface area contributed by atoms with Crippen molar-refractivity contribution in [1.82, 2.24) is 0 Å². The Labute approximate surface area is 163 Å². The molecule has 0 N–H and O–H groups in total. The van der Waals surface area contributed by atoms with E-state index in [0.717, 1.165) is 24.3 Å². The van der Waals surface area contributed by atoms with Crippen LogP contribution in [-0.2, 0) is 6.54 Å². The Hall–Kier alpha value is -2.83. The molecule has 26 heavy (non-hydrogen) atoms. The molecule has 1 aromatic heterocycles. The van der Waals surface area contributed by atoms with Crippen LogP contribution in [0.2, 0.25) is 0 Å². The molecule has 5 rings (SSSR count). The molecule has 1 aliphatic heterocycles. The number of para-hydroxylation sites is 2. The molecule has 0 unspecified atom stereocenters. The second-order valence-corrected chi connectivity index (χ2v) is 6.35. The summed E-state index contributed by atoms with van der Waals surface area (Å²) in [6.07, 6.45) is 5.76. The van der Waals surface area contributed by atoms with Crippen LogP contribution in [0.5, 0.6) is 0 Å². The van der Waals surface area contributed by atoms with Crippen molar-refractivity contribution >= 4 is 33.2 Å². The van der Waals surface area contributed by atoms with Gasteiger partial charge < -0.3 is 17.0 Å². The summed E-state index contributed by atoms with van der Waals surface area (Å²) in [5.41, 5.74) is 3.32. The van der Waals surface area contributed by atoms with Crippen molar-refractivity contribution in [2.45, 2.75) is 6.54 Å². The zero-order valence-corrected chi connectivity index (χ0v) is 15.8. The van der Waals surface area contributed by atoms with Gasteiger partial charge in [-0.25, -0.2) is 9.47 Å². The average molecular weight is 401 g/mol. The third kappa shape index (κ3) is 2.30. The minimum atomic E-state index is 0. The lowest BCUT2D eigenvalue weighted by molar-refractivity contribution is -0.643. The first-order valence-corrected chi connectivity index (χ1v) is 8.55. The van der Waals surface area contributed by atoms with E-state index in [1.807, 2.05) is 12.1 Å². The highest BCUT2D eigenvalue weighted by atomic mass is 79.9. The molecule has 0 amide bonds. The largest absolute Gasteiger partial charge is 1.00 e. The number of halogens is 1. The molecule has 0 atom stereocenters. The van der Waals surface area contributed by atoms with Gasteiger partial charge in [-0.2, -0.15) is 0 Å². The van der Waals surface area contributed by atoms with Gasteiger partial charge in [0.15, 0.2) is 0 Å². The van der Waals surface area contributed by atoms with Gasteiger partial charge in [0.2, 0.25) is 0 Å². The highest BCUT2D eigenvalue weighted by Gasteiger charge is 2.34. The van der Waals surface area contributed by atoms with Crippen LogP contribution in [-0.4, -0.2) is 6.54 Å². The first-order chi connectivity index (χ1) is 12.4. The van der Waals surface area contributed by atoms with Crippen molar-refractivity contribution in [3.63, 3.8) is 0 Å². The molecular formula is C23H17BrN2. The zero-order valence-electron chi connectivity index (χ0n) is 14.2. The predicted molar refractivity (Wildman–Crippen MR) is 103 cm³/mol. The van der Waals surface area contributed by atoms with Crippen LogP contribution in [0, 0.1) is 12.3 Å². The normalized spacial score (nSPS) is 12.7. The quantitative estimate of drug-likeness (QED) is 0.266. The van der Waals surface area contributed by atoms with E-state index >= 15 is 0 Å². The summed E-state index contributed by atoms with van der Waals surface area (Å²) in [6, 6.07) is 25.5. The maximum Gasteiger partial charge on any atom is 0.290 e. The average Bonchev–Trinajstić information content (AvgIpc) is 3.13. The molecule has 0 spiro atoms. The number of nitrogens with zero attached hydrogens (tertiary/aromatic N) is 2. The molecule has 0 aliphatic carbocycles. The predicted octanol–water partition coefficient (Wildman–Crippen LogP) is 1.42. The van der Waals surface area contributed by atoms with Crippen molar-refractivity contribution < 1.29 is 21.5 Å². The number of fused-ring (bicyclic) bond motifs is 6. The summed E-state index contributed by atoms with van der Waals surface area (Å²) in [5.74, 6) is 4.07. The fourth-order valence-electron chi connectivity index (χ4n) is 4.00. The third-order valence-electron chi connectivity index (χ3n) is 5.06. The highest BCUT2D eigenvalue weighted by molar-refractivity contribution is 6.08. The Kier molecular flexibility index (Phi) is 4.14. The van der Waals surface area contributed by atoms with E-state index in [1.54, 1.807) is 0 Å². The summed E-state index contributed by atoms with van der Waals surface area (Å²) in [5, 5.41) is 3.86. The maximum absolute atomic E-state index is 5.76. The van der Waals surface area contributed by atoms with Crippen molar-refractivity contribution in [2.75, 3.05) is 11.4 Å². The minimum absolute atomic E-state index is 0. The third-order valence-corrected chi connectivity index (χ3v) is 5.06. The van der Waals surface area contributed by atoms with Gasteiger partial charge in [-0.1, -0.05) is 54.5 Å². The maximum atomic E-state index is 5.76. The summed E-state index contributed by atoms with van der Waals surface area (Å²) in [4.78, 5) is 2.37. The lowest BCUT2D eigenvalue weighted by Gasteiger charge is -2.15.